The van der Waals surface area contributed by atoms with E-state index in [2.05, 4.69) is 19.2 Å². The number of carbonyl (C=O) groups excluding carboxylic acids is 2. The first-order valence-electron chi connectivity index (χ1n) is 30.0. The lowest BCUT2D eigenvalue weighted by Crippen LogP contribution is -2.45. The number of aliphatic hydroxyl groups excluding tert-OH is 2. The molecular weight excluding hydrogens is 815 g/mol. The van der Waals surface area contributed by atoms with Crippen LogP contribution in [0.1, 0.15) is 335 Å². The molecular formula is C60H117NO5. The molecule has 0 bridgehead atoms. The zero-order valence-electron chi connectivity index (χ0n) is 44.7. The molecule has 2 atom stereocenters. The van der Waals surface area contributed by atoms with Crippen molar-refractivity contribution in [3.63, 3.8) is 0 Å². The predicted octanol–water partition coefficient (Wildman–Crippen LogP) is 18.5. The number of rotatable bonds is 56. The molecule has 6 nitrogen and oxygen atoms in total. The quantitative estimate of drug-likeness (QED) is 0.0321. The van der Waals surface area contributed by atoms with Gasteiger partial charge in [0.15, 0.2) is 0 Å². The highest BCUT2D eigenvalue weighted by molar-refractivity contribution is 5.76. The summed E-state index contributed by atoms with van der Waals surface area (Å²) in [5.41, 5.74) is 0. The van der Waals surface area contributed by atoms with Gasteiger partial charge in [-0.25, -0.2) is 0 Å². The van der Waals surface area contributed by atoms with E-state index < -0.39 is 12.1 Å². The van der Waals surface area contributed by atoms with Crippen molar-refractivity contribution in [2.24, 2.45) is 0 Å². The smallest absolute Gasteiger partial charge is 0.305 e. The highest BCUT2D eigenvalue weighted by Crippen LogP contribution is 2.18. The number of esters is 1. The van der Waals surface area contributed by atoms with Crippen molar-refractivity contribution in [2.45, 2.75) is 347 Å². The van der Waals surface area contributed by atoms with E-state index in [9.17, 15) is 19.8 Å². The van der Waals surface area contributed by atoms with Crippen LogP contribution in [0, 0.1) is 0 Å². The van der Waals surface area contributed by atoms with Crippen molar-refractivity contribution in [1.82, 2.24) is 5.32 Å². The fraction of sp³-hybridized carbons (Fsp3) is 0.933. The third-order valence-electron chi connectivity index (χ3n) is 14.1. The molecule has 0 aliphatic heterocycles. The Labute approximate surface area is 412 Å². The molecule has 1 amide bonds. The topological polar surface area (TPSA) is 95.9 Å². The van der Waals surface area contributed by atoms with Crippen molar-refractivity contribution in [1.29, 1.82) is 0 Å². The largest absolute Gasteiger partial charge is 0.466 e. The van der Waals surface area contributed by atoms with Crippen LogP contribution in [-0.2, 0) is 14.3 Å². The van der Waals surface area contributed by atoms with E-state index in [1.165, 1.54) is 250 Å². The summed E-state index contributed by atoms with van der Waals surface area (Å²) in [7, 11) is 0. The van der Waals surface area contributed by atoms with Gasteiger partial charge in [-0.15, -0.1) is 0 Å². The van der Waals surface area contributed by atoms with E-state index in [0.29, 0.717) is 19.4 Å². The van der Waals surface area contributed by atoms with Crippen molar-refractivity contribution < 1.29 is 24.5 Å². The minimum absolute atomic E-state index is 0.000274. The number of unbranched alkanes of at least 4 members (excludes halogenated alkanes) is 45. The van der Waals surface area contributed by atoms with Gasteiger partial charge in [0.05, 0.1) is 25.4 Å². The molecule has 6 heteroatoms. The fourth-order valence-corrected chi connectivity index (χ4v) is 9.46. The molecule has 3 N–H and O–H groups in total. The highest BCUT2D eigenvalue weighted by Gasteiger charge is 2.18. The van der Waals surface area contributed by atoms with Crippen LogP contribution in [0.15, 0.2) is 12.2 Å². The lowest BCUT2D eigenvalue weighted by Gasteiger charge is -2.20. The molecule has 0 aromatic carbocycles. The molecule has 0 heterocycles. The summed E-state index contributed by atoms with van der Waals surface area (Å²) < 4.78 is 5.47. The minimum Gasteiger partial charge on any atom is -0.466 e. The van der Waals surface area contributed by atoms with Crippen LogP contribution in [0.25, 0.3) is 0 Å². The molecule has 0 fully saturated rings. The molecule has 0 saturated carbocycles. The number of hydrogen-bond donors (Lipinski definition) is 3. The molecule has 2 unspecified atom stereocenters. The summed E-state index contributed by atoms with van der Waals surface area (Å²) >= 11 is 0. The molecule has 0 aromatic rings. The second-order valence-electron chi connectivity index (χ2n) is 20.7. The van der Waals surface area contributed by atoms with Crippen molar-refractivity contribution in [3.05, 3.63) is 12.2 Å². The summed E-state index contributed by atoms with van der Waals surface area (Å²) in [6.45, 7) is 4.91. The molecule has 0 saturated heterocycles. The van der Waals surface area contributed by atoms with Crippen molar-refractivity contribution in [3.8, 4) is 0 Å². The van der Waals surface area contributed by atoms with E-state index >= 15 is 0 Å². The fourth-order valence-electron chi connectivity index (χ4n) is 9.46. The number of aliphatic hydroxyl groups is 2. The van der Waals surface area contributed by atoms with Crippen LogP contribution in [0.3, 0.4) is 0 Å². The molecule has 0 aromatic heterocycles. The summed E-state index contributed by atoms with van der Waals surface area (Å²) in [6.07, 6.45) is 66.6. The van der Waals surface area contributed by atoms with E-state index in [-0.39, 0.29) is 18.5 Å². The van der Waals surface area contributed by atoms with Crippen LogP contribution >= 0.6 is 0 Å². The third-order valence-corrected chi connectivity index (χ3v) is 14.1. The number of nitrogens with one attached hydrogen (secondary N) is 1. The maximum Gasteiger partial charge on any atom is 0.305 e. The Bertz CT molecular complexity index is 986. The van der Waals surface area contributed by atoms with E-state index in [4.69, 9.17) is 4.74 Å². The summed E-state index contributed by atoms with van der Waals surface area (Å²) in [5, 5.41) is 23.2. The van der Waals surface area contributed by atoms with Gasteiger partial charge in [-0.3, -0.25) is 9.59 Å². The first-order valence-corrected chi connectivity index (χ1v) is 30.0. The maximum atomic E-state index is 12.5. The molecule has 66 heavy (non-hydrogen) atoms. The number of ether oxygens (including phenoxy) is 1. The Morgan fingerprint density at radius 3 is 1.03 bits per heavy atom. The molecule has 0 spiro atoms. The average Bonchev–Trinajstić information content (AvgIpc) is 3.32. The second-order valence-corrected chi connectivity index (χ2v) is 20.7. The molecule has 0 rings (SSSR count). The second kappa shape index (κ2) is 56.2. The Balaban J connectivity index is 3.46. The molecule has 0 aliphatic carbocycles. The number of carbonyl (C=O) groups is 2. The number of allylic oxidation sites excluding steroid dienone is 1. The van der Waals surface area contributed by atoms with Gasteiger partial charge in [-0.1, -0.05) is 302 Å². The lowest BCUT2D eigenvalue weighted by molar-refractivity contribution is -0.143. The first-order chi connectivity index (χ1) is 32.5. The lowest BCUT2D eigenvalue weighted by atomic mass is 10.0. The van der Waals surface area contributed by atoms with E-state index in [0.717, 1.165) is 57.8 Å². The number of amides is 1. The molecule has 392 valence electrons. The minimum atomic E-state index is -0.851. The van der Waals surface area contributed by atoms with Gasteiger partial charge in [-0.05, 0) is 32.1 Å². The van der Waals surface area contributed by atoms with E-state index in [1.807, 2.05) is 6.08 Å². The monoisotopic (exact) mass is 932 g/mol. The summed E-state index contributed by atoms with van der Waals surface area (Å²) in [6, 6.07) is -0.635. The van der Waals surface area contributed by atoms with Crippen molar-refractivity contribution in [2.75, 3.05) is 13.2 Å². The van der Waals surface area contributed by atoms with Crippen molar-refractivity contribution >= 4 is 11.9 Å². The van der Waals surface area contributed by atoms with Crippen LogP contribution in [-0.4, -0.2) is 47.4 Å². The molecule has 0 aliphatic rings. The average molecular weight is 933 g/mol. The van der Waals surface area contributed by atoms with Gasteiger partial charge >= 0.3 is 5.97 Å². The van der Waals surface area contributed by atoms with Gasteiger partial charge in [0.1, 0.15) is 0 Å². The highest BCUT2D eigenvalue weighted by atomic mass is 16.5. The van der Waals surface area contributed by atoms with Crippen LogP contribution < -0.4 is 5.32 Å². The maximum absolute atomic E-state index is 12.5. The SMILES string of the molecule is CCCCCCCCCCCCCCCCCCCCC/C=C/C(O)C(CO)NC(=O)CCCCCCCCCCCCCCCCOC(=O)CCCCCCCCCCCCCCCC. The number of hydrogen-bond acceptors (Lipinski definition) is 5. The Hall–Kier alpha value is -1.40. The van der Waals surface area contributed by atoms with Crippen LogP contribution in [0.2, 0.25) is 0 Å². The van der Waals surface area contributed by atoms with E-state index in [1.54, 1.807) is 6.08 Å². The first kappa shape index (κ1) is 64.6. The zero-order valence-corrected chi connectivity index (χ0v) is 44.7. The standard InChI is InChI=1S/C60H117NO5/c1-3-5-7-9-11-13-15-17-19-20-21-22-23-24-25-28-32-36-40-44-48-52-58(63)57(56-62)61-59(64)53-49-45-41-37-33-29-26-27-31-35-39-43-47-51-55-66-60(65)54-50-46-42-38-34-30-18-16-14-12-10-8-6-4-2/h48,52,57-58,62-63H,3-47,49-51,53-56H2,1-2H3,(H,61,64)/b52-48+. The summed E-state index contributed by atoms with van der Waals surface area (Å²) in [4.78, 5) is 24.5. The normalized spacial score (nSPS) is 12.6. The van der Waals surface area contributed by atoms with Crippen LogP contribution in [0.5, 0.6) is 0 Å². The van der Waals surface area contributed by atoms with Gasteiger partial charge in [0, 0.05) is 12.8 Å². The van der Waals surface area contributed by atoms with Gasteiger partial charge in [0.25, 0.3) is 0 Å². The van der Waals surface area contributed by atoms with Gasteiger partial charge in [-0.2, -0.15) is 0 Å². The Morgan fingerprint density at radius 2 is 0.697 bits per heavy atom. The third kappa shape index (κ3) is 52.0. The van der Waals surface area contributed by atoms with Gasteiger partial charge in [0.2, 0.25) is 5.91 Å². The zero-order chi connectivity index (χ0) is 47.9. The van der Waals surface area contributed by atoms with Gasteiger partial charge < -0.3 is 20.3 Å². The predicted molar refractivity (Wildman–Crippen MR) is 287 cm³/mol. The van der Waals surface area contributed by atoms with Crippen LogP contribution in [0.4, 0.5) is 0 Å². The molecule has 0 radical (unpaired) electrons. The summed E-state index contributed by atoms with van der Waals surface area (Å²) in [5.74, 6) is -0.0750. The Morgan fingerprint density at radius 1 is 0.409 bits per heavy atom. The Kier molecular flexibility index (Phi) is 55.0.